The highest BCUT2D eigenvalue weighted by molar-refractivity contribution is 5.86. The normalized spacial score (nSPS) is 16.9. The summed E-state index contributed by atoms with van der Waals surface area (Å²) < 4.78 is 39.6. The Labute approximate surface area is 200 Å². The van der Waals surface area contributed by atoms with Crippen molar-refractivity contribution in [2.45, 2.75) is 45.0 Å². The number of halogens is 2. The molecule has 182 valence electrons. The van der Waals surface area contributed by atoms with E-state index in [2.05, 4.69) is 20.4 Å². The van der Waals surface area contributed by atoms with E-state index in [0.717, 1.165) is 16.8 Å². The minimum atomic E-state index is -2.88. The molecule has 1 fully saturated rings. The zero-order chi connectivity index (χ0) is 25.0. The summed E-state index contributed by atoms with van der Waals surface area (Å²) in [7, 11) is 1.87. The molecule has 10 heteroatoms. The first kappa shape index (κ1) is 22.9. The maximum absolute atomic E-state index is 13.2. The van der Waals surface area contributed by atoms with Crippen LogP contribution in [-0.4, -0.2) is 31.4 Å². The smallest absolute Gasteiger partial charge is 0.258 e. The Morgan fingerprint density at radius 3 is 2.66 bits per heavy atom. The lowest BCUT2D eigenvalue weighted by Crippen LogP contribution is -2.11. The molecule has 0 spiro atoms. The van der Waals surface area contributed by atoms with Crippen LogP contribution in [0.3, 0.4) is 0 Å². The van der Waals surface area contributed by atoms with Crippen LogP contribution in [0.15, 0.2) is 47.1 Å². The van der Waals surface area contributed by atoms with E-state index in [4.69, 9.17) is 9.26 Å². The molecule has 0 aliphatic heterocycles. The number of anilines is 2. The van der Waals surface area contributed by atoms with Gasteiger partial charge in [-0.15, -0.1) is 0 Å². The second kappa shape index (κ2) is 8.14. The van der Waals surface area contributed by atoms with Crippen LogP contribution < -0.4 is 10.1 Å². The molecular weight excluding hydrogens is 456 g/mol. The van der Waals surface area contributed by atoms with Gasteiger partial charge in [0.25, 0.3) is 5.92 Å². The number of imidazole rings is 1. The Morgan fingerprint density at radius 1 is 1.23 bits per heavy atom. The van der Waals surface area contributed by atoms with Gasteiger partial charge in [0.15, 0.2) is 5.82 Å². The van der Waals surface area contributed by atoms with E-state index in [1.165, 1.54) is 6.20 Å². The third kappa shape index (κ3) is 4.73. The van der Waals surface area contributed by atoms with Crippen LogP contribution in [-0.2, 0) is 23.7 Å². The average Bonchev–Trinajstić information content (AvgIpc) is 3.09. The maximum Gasteiger partial charge on any atom is 0.258 e. The predicted molar refractivity (Wildman–Crippen MR) is 125 cm³/mol. The molecule has 1 aliphatic rings. The lowest BCUT2D eigenvalue weighted by atomic mass is 9.93. The second-order valence-electron chi connectivity index (χ2n) is 9.84. The number of aromatic nitrogens is 4. The first-order valence-corrected chi connectivity index (χ1v) is 11.2. The predicted octanol–water partition coefficient (Wildman–Crippen LogP) is 5.56. The summed E-state index contributed by atoms with van der Waals surface area (Å²) in [6.45, 7) is 6.13. The first-order chi connectivity index (χ1) is 16.5. The minimum absolute atomic E-state index is 0.147. The van der Waals surface area contributed by atoms with Gasteiger partial charge in [0.05, 0.1) is 22.6 Å². The molecule has 1 aliphatic carbocycles. The largest absolute Gasteiger partial charge is 0.457 e. The number of rotatable bonds is 7. The summed E-state index contributed by atoms with van der Waals surface area (Å²) in [6, 6.07) is 10.5. The van der Waals surface area contributed by atoms with Crippen molar-refractivity contribution in [3.05, 3.63) is 54.0 Å². The van der Waals surface area contributed by atoms with Crippen LogP contribution in [0.2, 0.25) is 0 Å². The highest BCUT2D eigenvalue weighted by atomic mass is 19.3. The summed E-state index contributed by atoms with van der Waals surface area (Å²) >= 11 is 0. The van der Waals surface area contributed by atoms with Crippen molar-refractivity contribution in [3.63, 3.8) is 0 Å². The molecule has 1 saturated carbocycles. The van der Waals surface area contributed by atoms with E-state index in [1.54, 1.807) is 18.2 Å². The van der Waals surface area contributed by atoms with Crippen molar-refractivity contribution >= 4 is 28.6 Å². The zero-order valence-corrected chi connectivity index (χ0v) is 19.8. The Balaban J connectivity index is 1.32. The van der Waals surface area contributed by atoms with Crippen molar-refractivity contribution in [1.29, 1.82) is 0 Å². The molecule has 0 saturated heterocycles. The topological polar surface area (TPSA) is 95.1 Å². The van der Waals surface area contributed by atoms with E-state index in [9.17, 15) is 13.6 Å². The van der Waals surface area contributed by atoms with E-state index in [1.807, 2.05) is 50.6 Å². The molecular formula is C25H25F2N5O3. The van der Waals surface area contributed by atoms with Gasteiger partial charge in [0, 0.05) is 49.7 Å². The lowest BCUT2D eigenvalue weighted by molar-refractivity contribution is -0.121. The number of carbonyl (C=O) groups is 1. The number of benzene rings is 1. The quantitative estimate of drug-likeness (QED) is 0.369. The number of ether oxygens (including phenoxy) is 1. The Hall–Kier alpha value is -3.82. The van der Waals surface area contributed by atoms with Gasteiger partial charge in [-0.05, 0) is 18.2 Å². The summed E-state index contributed by atoms with van der Waals surface area (Å²) in [4.78, 5) is 20.8. The van der Waals surface area contributed by atoms with Crippen molar-refractivity contribution < 1.29 is 22.8 Å². The fourth-order valence-electron chi connectivity index (χ4n) is 3.76. The number of fused-ring (bicyclic) bond motifs is 1. The molecule has 0 unspecified atom stereocenters. The number of nitrogens with one attached hydrogen (secondary N) is 1. The molecule has 1 N–H and O–H groups in total. The number of hydrogen-bond donors (Lipinski definition) is 1. The zero-order valence-electron chi connectivity index (χ0n) is 19.8. The van der Waals surface area contributed by atoms with E-state index in [0.29, 0.717) is 29.0 Å². The van der Waals surface area contributed by atoms with Crippen molar-refractivity contribution in [2.24, 2.45) is 13.0 Å². The fourth-order valence-corrected chi connectivity index (χ4v) is 3.76. The molecule has 3 heterocycles. The molecule has 0 amide bonds. The SMILES string of the molecule is Cn1c(Nc2cc(C(C)(C)C)on2)nc2ccc(Oc3ccnc(CC(=O)[C@H]4CC4(F)F)c3)cc21. The van der Waals surface area contributed by atoms with E-state index < -0.39 is 17.6 Å². The molecule has 3 aromatic heterocycles. The number of pyridine rings is 1. The number of alkyl halides is 2. The Morgan fingerprint density at radius 2 is 1.97 bits per heavy atom. The van der Waals surface area contributed by atoms with E-state index in [-0.39, 0.29) is 18.3 Å². The van der Waals surface area contributed by atoms with Crippen LogP contribution in [0.4, 0.5) is 20.5 Å². The number of nitrogens with zero attached hydrogens (tertiary/aromatic N) is 4. The molecule has 8 nitrogen and oxygen atoms in total. The lowest BCUT2D eigenvalue weighted by Gasteiger charge is -2.12. The third-order valence-electron chi connectivity index (χ3n) is 5.94. The number of carbonyl (C=O) groups excluding carboxylic acids is 1. The minimum Gasteiger partial charge on any atom is -0.457 e. The van der Waals surface area contributed by atoms with Gasteiger partial charge in [0.1, 0.15) is 23.0 Å². The number of aryl methyl sites for hydroxylation is 1. The monoisotopic (exact) mass is 481 g/mol. The first-order valence-electron chi connectivity index (χ1n) is 11.2. The summed E-state index contributed by atoms with van der Waals surface area (Å²) in [5.41, 5.74) is 1.82. The van der Waals surface area contributed by atoms with Gasteiger partial charge in [-0.1, -0.05) is 25.9 Å². The van der Waals surface area contributed by atoms with Gasteiger partial charge in [0.2, 0.25) is 5.95 Å². The number of Topliss-reactive ketones (excluding diaryl/α,β-unsaturated/α-hetero) is 1. The molecule has 5 rings (SSSR count). The van der Waals surface area contributed by atoms with Crippen molar-refractivity contribution in [2.75, 3.05) is 5.32 Å². The van der Waals surface area contributed by atoms with Gasteiger partial charge in [-0.3, -0.25) is 9.78 Å². The average molecular weight is 482 g/mol. The summed E-state index contributed by atoms with van der Waals surface area (Å²) in [5, 5.41) is 7.26. The highest BCUT2D eigenvalue weighted by Gasteiger charge is 2.60. The van der Waals surface area contributed by atoms with Crippen LogP contribution in [0.25, 0.3) is 11.0 Å². The Bertz CT molecular complexity index is 1420. The molecule has 1 atom stereocenters. The third-order valence-corrected chi connectivity index (χ3v) is 5.94. The van der Waals surface area contributed by atoms with Gasteiger partial charge >= 0.3 is 0 Å². The highest BCUT2D eigenvalue weighted by Crippen LogP contribution is 2.49. The second-order valence-corrected chi connectivity index (χ2v) is 9.84. The fraction of sp³-hybridized carbons (Fsp3) is 0.360. The summed E-state index contributed by atoms with van der Waals surface area (Å²) in [6.07, 6.45) is 0.974. The van der Waals surface area contributed by atoms with E-state index >= 15 is 0 Å². The van der Waals surface area contributed by atoms with Crippen molar-refractivity contribution in [1.82, 2.24) is 19.7 Å². The number of hydrogen-bond acceptors (Lipinski definition) is 7. The van der Waals surface area contributed by atoms with Crippen LogP contribution in [0.5, 0.6) is 11.5 Å². The standard InChI is InChI=1S/C25H25F2N5O3/c1-24(2,3)21-12-22(31-35-21)30-23-29-18-6-5-15(11-19(18)32(23)4)34-16-7-8-28-14(9-16)10-20(33)17-13-25(17,26)27/h5-9,11-12,17H,10,13H2,1-4H3,(H,29,30,31)/t17-/m1/s1. The van der Waals surface area contributed by atoms with Crippen LogP contribution in [0.1, 0.15) is 38.6 Å². The summed E-state index contributed by atoms with van der Waals surface area (Å²) in [5.74, 6) is -1.64. The molecule has 0 bridgehead atoms. The number of ketones is 1. The van der Waals surface area contributed by atoms with Crippen molar-refractivity contribution in [3.8, 4) is 11.5 Å². The maximum atomic E-state index is 13.2. The van der Waals surface area contributed by atoms with Crippen LogP contribution >= 0.6 is 0 Å². The Kier molecular flexibility index (Phi) is 5.34. The molecule has 1 aromatic carbocycles. The van der Waals surface area contributed by atoms with Gasteiger partial charge in [-0.25, -0.2) is 13.8 Å². The molecule has 0 radical (unpaired) electrons. The van der Waals surface area contributed by atoms with Gasteiger partial charge < -0.3 is 19.1 Å². The van der Waals surface area contributed by atoms with Gasteiger partial charge in [-0.2, -0.15) is 0 Å². The van der Waals surface area contributed by atoms with Crippen LogP contribution in [0, 0.1) is 5.92 Å². The molecule has 4 aromatic rings. The molecule has 35 heavy (non-hydrogen) atoms.